The Balaban J connectivity index is 1.57. The van der Waals surface area contributed by atoms with Gasteiger partial charge in [0.2, 0.25) is 5.95 Å². The number of rotatable bonds is 3. The number of hydrogen-bond acceptors (Lipinski definition) is 5. The lowest BCUT2D eigenvalue weighted by Gasteiger charge is -2.28. The molecule has 4 rings (SSSR count). The van der Waals surface area contributed by atoms with Crippen LogP contribution in [0.2, 0.25) is 0 Å². The van der Waals surface area contributed by atoms with Crippen LogP contribution in [-0.4, -0.2) is 53.1 Å². The van der Waals surface area contributed by atoms with Crippen LogP contribution >= 0.6 is 0 Å². The zero-order chi connectivity index (χ0) is 18.3. The Labute approximate surface area is 149 Å². The molecule has 26 heavy (non-hydrogen) atoms. The molecular weight excluding hydrogens is 349 g/mol. The summed E-state index contributed by atoms with van der Waals surface area (Å²) in [4.78, 5) is 21.5. The van der Waals surface area contributed by atoms with Gasteiger partial charge in [-0.05, 0) is 31.1 Å². The molecule has 1 aliphatic heterocycles. The molecule has 142 valence electrons. The quantitative estimate of drug-likeness (QED) is 0.886. The fourth-order valence-corrected chi connectivity index (χ4v) is 4.35. The third kappa shape index (κ3) is 3.36. The number of hydrogen-bond donors (Lipinski definition) is 1. The number of carbonyl (C=O) groups excluding carboxylic acids is 1. The highest BCUT2D eigenvalue weighted by Crippen LogP contribution is 2.45. The Morgan fingerprint density at radius 3 is 2.62 bits per heavy atom. The van der Waals surface area contributed by atoms with E-state index in [4.69, 9.17) is 4.74 Å². The molecule has 6 nitrogen and oxygen atoms in total. The van der Waals surface area contributed by atoms with Crippen LogP contribution in [0, 0.1) is 11.8 Å². The fourth-order valence-electron chi connectivity index (χ4n) is 4.35. The van der Waals surface area contributed by atoms with Crippen molar-refractivity contribution in [3.8, 4) is 0 Å². The minimum absolute atomic E-state index is 0.0478. The minimum Gasteiger partial charge on any atom is -0.378 e. The number of anilines is 1. The maximum absolute atomic E-state index is 13.5. The molecule has 2 saturated carbocycles. The van der Waals surface area contributed by atoms with Crippen molar-refractivity contribution in [3.05, 3.63) is 17.5 Å². The second kappa shape index (κ2) is 6.68. The molecule has 0 aromatic carbocycles. The van der Waals surface area contributed by atoms with E-state index in [1.54, 1.807) is 0 Å². The summed E-state index contributed by atoms with van der Waals surface area (Å²) in [6, 6.07) is 0.121. The monoisotopic (exact) mass is 370 g/mol. The van der Waals surface area contributed by atoms with Crippen LogP contribution < -0.4 is 5.32 Å². The van der Waals surface area contributed by atoms with E-state index >= 15 is 0 Å². The van der Waals surface area contributed by atoms with Gasteiger partial charge in [-0.1, -0.05) is 6.42 Å². The van der Waals surface area contributed by atoms with Crippen LogP contribution in [0.5, 0.6) is 0 Å². The van der Waals surface area contributed by atoms with Crippen LogP contribution in [0.3, 0.4) is 0 Å². The average Bonchev–Trinajstić information content (AvgIpc) is 3.24. The molecule has 0 spiro atoms. The van der Waals surface area contributed by atoms with Gasteiger partial charge in [0, 0.05) is 25.3 Å². The van der Waals surface area contributed by atoms with E-state index in [-0.39, 0.29) is 25.1 Å². The lowest BCUT2D eigenvalue weighted by Crippen LogP contribution is -2.41. The molecule has 3 atom stereocenters. The van der Waals surface area contributed by atoms with Gasteiger partial charge in [0.15, 0.2) is 5.69 Å². The standard InChI is InChI=1S/C17H21F3N4O2/c18-17(19,20)14-12(15(25)24-3-5-26-6-4-24)9-21-16(23-14)22-13-8-10-1-2-11(13)7-10/h9-11,13H,1-8H2,(H,21,22,23)/t10-,11+,13-/m1/s1. The highest BCUT2D eigenvalue weighted by Gasteiger charge is 2.42. The van der Waals surface area contributed by atoms with Crippen LogP contribution in [-0.2, 0) is 10.9 Å². The molecule has 1 amide bonds. The maximum atomic E-state index is 13.5. The fraction of sp³-hybridized carbons (Fsp3) is 0.706. The van der Waals surface area contributed by atoms with E-state index in [1.807, 2.05) is 0 Å². The largest absolute Gasteiger partial charge is 0.434 e. The first-order chi connectivity index (χ1) is 12.4. The molecule has 2 bridgehead atoms. The van der Waals surface area contributed by atoms with Gasteiger partial charge in [-0.3, -0.25) is 4.79 Å². The van der Waals surface area contributed by atoms with Crippen LogP contribution in [0.25, 0.3) is 0 Å². The summed E-state index contributed by atoms with van der Waals surface area (Å²) >= 11 is 0. The Morgan fingerprint density at radius 1 is 1.23 bits per heavy atom. The van der Waals surface area contributed by atoms with Gasteiger partial charge in [0.05, 0.1) is 18.8 Å². The molecule has 1 aromatic heterocycles. The Bertz CT molecular complexity index is 691. The maximum Gasteiger partial charge on any atom is 0.434 e. The van der Waals surface area contributed by atoms with Gasteiger partial charge in [-0.15, -0.1) is 0 Å². The highest BCUT2D eigenvalue weighted by atomic mass is 19.4. The zero-order valence-electron chi connectivity index (χ0n) is 14.3. The summed E-state index contributed by atoms with van der Waals surface area (Å²) in [5, 5.41) is 3.06. The van der Waals surface area contributed by atoms with Gasteiger partial charge < -0.3 is 15.0 Å². The number of fused-ring (bicyclic) bond motifs is 2. The van der Waals surface area contributed by atoms with E-state index in [0.717, 1.165) is 25.5 Å². The summed E-state index contributed by atoms with van der Waals surface area (Å²) in [5.74, 6) is 0.384. The molecule has 3 aliphatic rings. The summed E-state index contributed by atoms with van der Waals surface area (Å²) in [6.45, 7) is 1.16. The summed E-state index contributed by atoms with van der Waals surface area (Å²) in [6.07, 6.45) is 0.655. The van der Waals surface area contributed by atoms with E-state index in [0.29, 0.717) is 25.0 Å². The SMILES string of the molecule is O=C(c1cnc(N[C@@H]2C[C@@H]3CC[C@H]2C3)nc1C(F)(F)F)N1CCOCC1. The molecule has 1 aromatic rings. The number of carbonyl (C=O) groups is 1. The lowest BCUT2D eigenvalue weighted by atomic mass is 9.95. The van der Waals surface area contributed by atoms with Gasteiger partial charge >= 0.3 is 6.18 Å². The predicted molar refractivity (Wildman–Crippen MR) is 86.6 cm³/mol. The van der Waals surface area contributed by atoms with Crippen molar-refractivity contribution in [1.82, 2.24) is 14.9 Å². The summed E-state index contributed by atoms with van der Waals surface area (Å²) < 4.78 is 45.7. The van der Waals surface area contributed by atoms with Crippen molar-refractivity contribution in [2.24, 2.45) is 11.8 Å². The number of ether oxygens (including phenoxy) is 1. The third-order valence-corrected chi connectivity index (χ3v) is 5.64. The predicted octanol–water partition coefficient (Wildman–Crippen LogP) is 2.57. The van der Waals surface area contributed by atoms with Gasteiger partial charge in [0.1, 0.15) is 0 Å². The number of morpholine rings is 1. The van der Waals surface area contributed by atoms with Crippen molar-refractivity contribution in [2.45, 2.75) is 37.9 Å². The van der Waals surface area contributed by atoms with E-state index in [2.05, 4.69) is 15.3 Å². The van der Waals surface area contributed by atoms with Crippen molar-refractivity contribution >= 4 is 11.9 Å². The van der Waals surface area contributed by atoms with Crippen molar-refractivity contribution < 1.29 is 22.7 Å². The second-order valence-corrected chi connectivity index (χ2v) is 7.28. The molecule has 1 saturated heterocycles. The molecule has 9 heteroatoms. The first-order valence-electron chi connectivity index (χ1n) is 8.99. The highest BCUT2D eigenvalue weighted by molar-refractivity contribution is 5.95. The van der Waals surface area contributed by atoms with E-state index in [1.165, 1.54) is 11.3 Å². The molecule has 2 aliphatic carbocycles. The van der Waals surface area contributed by atoms with Crippen molar-refractivity contribution in [1.29, 1.82) is 0 Å². The average molecular weight is 370 g/mol. The molecule has 0 radical (unpaired) electrons. The smallest absolute Gasteiger partial charge is 0.378 e. The van der Waals surface area contributed by atoms with Gasteiger partial charge in [0.25, 0.3) is 5.91 Å². The van der Waals surface area contributed by atoms with Crippen molar-refractivity contribution in [3.63, 3.8) is 0 Å². The molecule has 2 heterocycles. The Morgan fingerprint density at radius 2 is 2.00 bits per heavy atom. The number of halogens is 3. The second-order valence-electron chi connectivity index (χ2n) is 7.28. The van der Waals surface area contributed by atoms with E-state index in [9.17, 15) is 18.0 Å². The molecule has 0 unspecified atom stereocenters. The zero-order valence-corrected chi connectivity index (χ0v) is 14.3. The van der Waals surface area contributed by atoms with Gasteiger partial charge in [-0.25, -0.2) is 9.97 Å². The topological polar surface area (TPSA) is 67.4 Å². The minimum atomic E-state index is -4.72. The van der Waals surface area contributed by atoms with E-state index < -0.39 is 23.3 Å². The summed E-state index contributed by atoms with van der Waals surface area (Å²) in [5.41, 5.74) is -1.67. The lowest BCUT2D eigenvalue weighted by molar-refractivity contribution is -0.141. The molecular formula is C17H21F3N4O2. The van der Waals surface area contributed by atoms with Crippen LogP contribution in [0.4, 0.5) is 19.1 Å². The number of aromatic nitrogens is 2. The third-order valence-electron chi connectivity index (χ3n) is 5.64. The number of alkyl halides is 3. The Kier molecular flexibility index (Phi) is 4.50. The first-order valence-corrected chi connectivity index (χ1v) is 8.99. The first kappa shape index (κ1) is 17.5. The van der Waals surface area contributed by atoms with Crippen LogP contribution in [0.1, 0.15) is 41.7 Å². The van der Waals surface area contributed by atoms with Crippen molar-refractivity contribution in [2.75, 3.05) is 31.6 Å². The number of nitrogens with zero attached hydrogens (tertiary/aromatic N) is 3. The number of amides is 1. The molecule has 3 fully saturated rings. The number of nitrogens with one attached hydrogen (secondary N) is 1. The normalized spacial score (nSPS) is 28.4. The molecule has 1 N–H and O–H groups in total. The van der Waals surface area contributed by atoms with Gasteiger partial charge in [-0.2, -0.15) is 13.2 Å². The Hall–Kier alpha value is -1.90. The van der Waals surface area contributed by atoms with Crippen LogP contribution in [0.15, 0.2) is 6.20 Å². The summed E-state index contributed by atoms with van der Waals surface area (Å²) in [7, 11) is 0.